The van der Waals surface area contributed by atoms with Crippen LogP contribution in [0, 0.1) is 18.2 Å². The summed E-state index contributed by atoms with van der Waals surface area (Å²) in [5.74, 6) is -2.64. The van der Waals surface area contributed by atoms with Gasteiger partial charge in [-0.25, -0.2) is 4.39 Å². The van der Waals surface area contributed by atoms with Crippen LogP contribution >= 0.6 is 0 Å². The number of primary amides is 2. The van der Waals surface area contributed by atoms with Gasteiger partial charge in [0.1, 0.15) is 11.2 Å². The lowest BCUT2D eigenvalue weighted by Crippen LogP contribution is -2.41. The maximum atomic E-state index is 13.6. The van der Waals surface area contributed by atoms with E-state index in [-0.39, 0.29) is 23.6 Å². The van der Waals surface area contributed by atoms with Crippen LogP contribution < -0.4 is 21.7 Å². The van der Waals surface area contributed by atoms with Crippen LogP contribution in [0.4, 0.5) is 15.8 Å². The highest BCUT2D eigenvalue weighted by molar-refractivity contribution is 6.16. The molecule has 1 fully saturated rings. The fraction of sp³-hybridized carbons (Fsp3) is 0.185. The number of halogens is 1. The number of carbonyl (C=O) groups excluding carboxylic acids is 4. The van der Waals surface area contributed by atoms with E-state index in [1.54, 1.807) is 24.3 Å². The Kier molecular flexibility index (Phi) is 5.35. The molecule has 1 heterocycles. The van der Waals surface area contributed by atoms with Crippen LogP contribution in [0.15, 0.2) is 54.6 Å². The first-order valence-corrected chi connectivity index (χ1v) is 11.4. The molecule has 36 heavy (non-hydrogen) atoms. The van der Waals surface area contributed by atoms with E-state index in [0.29, 0.717) is 29.8 Å². The van der Waals surface area contributed by atoms with Crippen molar-refractivity contribution in [2.24, 2.45) is 16.9 Å². The summed E-state index contributed by atoms with van der Waals surface area (Å²) in [6.45, 7) is 2.11. The summed E-state index contributed by atoms with van der Waals surface area (Å²) < 4.78 is 13.6. The maximum absolute atomic E-state index is 13.6. The molecule has 0 spiro atoms. The van der Waals surface area contributed by atoms with Gasteiger partial charge < -0.3 is 16.8 Å². The van der Waals surface area contributed by atoms with E-state index in [2.05, 4.69) is 5.32 Å². The lowest BCUT2D eigenvalue weighted by Gasteiger charge is -2.27. The average molecular weight is 487 g/mol. The lowest BCUT2D eigenvalue weighted by atomic mass is 9.90. The highest BCUT2D eigenvalue weighted by atomic mass is 19.1. The molecular weight excluding hydrogens is 463 g/mol. The van der Waals surface area contributed by atoms with Gasteiger partial charge in [-0.05, 0) is 84.5 Å². The highest BCUT2D eigenvalue weighted by Crippen LogP contribution is 2.49. The first kappa shape index (κ1) is 23.2. The van der Waals surface area contributed by atoms with Crippen LogP contribution in [0.25, 0.3) is 11.1 Å². The zero-order valence-electron chi connectivity index (χ0n) is 19.4. The van der Waals surface area contributed by atoms with Gasteiger partial charge >= 0.3 is 0 Å². The van der Waals surface area contributed by atoms with Crippen LogP contribution in [0.5, 0.6) is 0 Å². The zero-order chi connectivity index (χ0) is 25.8. The molecule has 0 atom stereocenters. The number of carbonyl (C=O) groups is 4. The summed E-state index contributed by atoms with van der Waals surface area (Å²) in [5, 5.41) is 2.74. The second kappa shape index (κ2) is 8.30. The van der Waals surface area contributed by atoms with Gasteiger partial charge in [-0.2, -0.15) is 0 Å². The Morgan fingerprint density at radius 3 is 2.17 bits per heavy atom. The minimum absolute atomic E-state index is 0.160. The number of hydrogen-bond donors (Lipinski definition) is 3. The number of amides is 4. The summed E-state index contributed by atoms with van der Waals surface area (Å²) in [6.07, 6.45) is 0.713. The number of nitrogens with one attached hydrogen (secondary N) is 1. The van der Waals surface area contributed by atoms with Gasteiger partial charge in [0.15, 0.2) is 0 Å². The number of fused-ring (bicyclic) bond motifs is 1. The molecule has 1 aliphatic heterocycles. The van der Waals surface area contributed by atoms with E-state index in [0.717, 1.165) is 16.7 Å². The minimum Gasteiger partial charge on any atom is -0.369 e. The molecule has 8 nitrogen and oxygen atoms in total. The van der Waals surface area contributed by atoms with E-state index in [1.807, 2.05) is 6.92 Å². The van der Waals surface area contributed by atoms with E-state index < -0.39 is 29.0 Å². The summed E-state index contributed by atoms with van der Waals surface area (Å²) >= 11 is 0. The third-order valence-electron chi connectivity index (χ3n) is 6.91. The SMILES string of the molecule is Cc1cc(N(C(=O)C2(C(N)=O)CC2)c2ccc(F)cc2)ccc1-c1ccc(C(N)=O)c2c1CNC2=O. The van der Waals surface area contributed by atoms with Crippen molar-refractivity contribution in [3.63, 3.8) is 0 Å². The van der Waals surface area contributed by atoms with Gasteiger partial charge in [0.05, 0.1) is 11.1 Å². The van der Waals surface area contributed by atoms with E-state index in [4.69, 9.17) is 11.5 Å². The van der Waals surface area contributed by atoms with Crippen LogP contribution in [0.3, 0.4) is 0 Å². The van der Waals surface area contributed by atoms with Gasteiger partial charge in [0.25, 0.3) is 5.91 Å². The monoisotopic (exact) mass is 486 g/mol. The predicted octanol–water partition coefficient (Wildman–Crippen LogP) is 3.07. The fourth-order valence-corrected chi connectivity index (χ4v) is 4.77. The van der Waals surface area contributed by atoms with Crippen molar-refractivity contribution >= 4 is 35.0 Å². The van der Waals surface area contributed by atoms with Gasteiger partial charge in [-0.15, -0.1) is 0 Å². The Hall–Kier alpha value is -4.53. The van der Waals surface area contributed by atoms with Crippen molar-refractivity contribution in [1.82, 2.24) is 5.32 Å². The fourth-order valence-electron chi connectivity index (χ4n) is 4.77. The molecule has 0 bridgehead atoms. The lowest BCUT2D eigenvalue weighted by molar-refractivity contribution is -0.133. The second-order valence-electron chi connectivity index (χ2n) is 9.12. The van der Waals surface area contributed by atoms with Gasteiger partial charge in [-0.1, -0.05) is 12.1 Å². The molecule has 0 unspecified atom stereocenters. The molecule has 0 saturated heterocycles. The largest absolute Gasteiger partial charge is 0.369 e. The molecule has 2 aliphatic rings. The molecule has 5 N–H and O–H groups in total. The normalized spacial score (nSPS) is 15.1. The Bertz CT molecular complexity index is 1460. The van der Waals surface area contributed by atoms with Crippen molar-refractivity contribution < 1.29 is 23.6 Å². The smallest absolute Gasteiger partial charge is 0.252 e. The van der Waals surface area contributed by atoms with Crippen LogP contribution in [0.2, 0.25) is 0 Å². The Labute approximate surface area is 206 Å². The van der Waals surface area contributed by atoms with E-state index in [1.165, 1.54) is 35.2 Å². The molecule has 9 heteroatoms. The summed E-state index contributed by atoms with van der Waals surface area (Å²) in [7, 11) is 0. The number of aryl methyl sites for hydroxylation is 1. The summed E-state index contributed by atoms with van der Waals surface area (Å²) in [6, 6.07) is 14.0. The van der Waals surface area contributed by atoms with Crippen molar-refractivity contribution in [2.75, 3.05) is 4.90 Å². The minimum atomic E-state index is -1.28. The molecule has 182 valence electrons. The first-order valence-electron chi connectivity index (χ1n) is 11.4. The Balaban J connectivity index is 1.61. The van der Waals surface area contributed by atoms with Gasteiger partial charge in [-0.3, -0.25) is 24.1 Å². The Morgan fingerprint density at radius 1 is 0.944 bits per heavy atom. The third-order valence-corrected chi connectivity index (χ3v) is 6.91. The van der Waals surface area contributed by atoms with Gasteiger partial charge in [0, 0.05) is 17.9 Å². The number of anilines is 2. The van der Waals surface area contributed by atoms with Crippen molar-refractivity contribution in [3.05, 3.63) is 82.7 Å². The van der Waals surface area contributed by atoms with E-state index in [9.17, 15) is 23.6 Å². The molecule has 5 rings (SSSR count). The van der Waals surface area contributed by atoms with Crippen LogP contribution in [0.1, 0.15) is 44.7 Å². The maximum Gasteiger partial charge on any atom is 0.252 e. The standard InChI is InChI=1S/C27H23FN4O4/c1-14-12-17(32(16-4-2-15(28)3-5-16)26(36)27(10-11-27)25(30)35)6-7-18(14)19-8-9-20(23(29)33)22-21(19)13-31-24(22)34/h2-9,12H,10-11,13H2,1H3,(H2,29,33)(H2,30,35)(H,31,34). The topological polar surface area (TPSA) is 136 Å². The molecule has 0 radical (unpaired) electrons. The summed E-state index contributed by atoms with van der Waals surface area (Å²) in [4.78, 5) is 51.3. The molecular formula is C27H23FN4O4. The van der Waals surface area contributed by atoms with E-state index >= 15 is 0 Å². The number of hydrogen-bond acceptors (Lipinski definition) is 4. The molecule has 1 aliphatic carbocycles. The molecule has 4 amide bonds. The molecule has 3 aromatic rings. The van der Waals surface area contributed by atoms with Crippen molar-refractivity contribution in [2.45, 2.75) is 26.3 Å². The average Bonchev–Trinajstić information content (AvgIpc) is 3.58. The quantitative estimate of drug-likeness (QED) is 0.461. The Morgan fingerprint density at radius 2 is 1.58 bits per heavy atom. The van der Waals surface area contributed by atoms with Crippen molar-refractivity contribution in [3.8, 4) is 11.1 Å². The highest BCUT2D eigenvalue weighted by Gasteiger charge is 2.57. The predicted molar refractivity (Wildman–Crippen MR) is 131 cm³/mol. The number of rotatable bonds is 6. The number of nitrogens with zero attached hydrogens (tertiary/aromatic N) is 1. The molecule has 0 aromatic heterocycles. The molecule has 3 aromatic carbocycles. The number of nitrogens with two attached hydrogens (primary N) is 2. The van der Waals surface area contributed by atoms with Crippen LogP contribution in [-0.2, 0) is 16.1 Å². The zero-order valence-corrected chi connectivity index (χ0v) is 19.4. The van der Waals surface area contributed by atoms with Gasteiger partial charge in [0.2, 0.25) is 17.7 Å². The third kappa shape index (κ3) is 3.60. The van der Waals surface area contributed by atoms with Crippen molar-refractivity contribution in [1.29, 1.82) is 0 Å². The van der Waals surface area contributed by atoms with Crippen LogP contribution in [-0.4, -0.2) is 23.6 Å². The summed E-state index contributed by atoms with van der Waals surface area (Å²) in [5.41, 5.74) is 14.1. The molecule has 1 saturated carbocycles. The number of benzene rings is 3. The first-order chi connectivity index (χ1) is 17.1. The second-order valence-corrected chi connectivity index (χ2v) is 9.12.